The lowest BCUT2D eigenvalue weighted by Gasteiger charge is -2.40. The first-order valence-electron chi connectivity index (χ1n) is 5.85. The molecule has 0 saturated heterocycles. The van der Waals surface area contributed by atoms with Crippen LogP contribution in [-0.2, 0) is 0 Å². The van der Waals surface area contributed by atoms with E-state index in [1.807, 2.05) is 30.0 Å². The molecule has 5 heteroatoms. The summed E-state index contributed by atoms with van der Waals surface area (Å²) in [6, 6.07) is 5.78. The summed E-state index contributed by atoms with van der Waals surface area (Å²) in [7, 11) is 0. The maximum atomic E-state index is 12.2. The van der Waals surface area contributed by atoms with E-state index >= 15 is 0 Å². The second kappa shape index (κ2) is 6.13. The average Bonchev–Trinajstić information content (AvgIpc) is 2.31. The second-order valence-electron chi connectivity index (χ2n) is 4.55. The smallest absolute Gasteiger partial charge is 0.252 e. The third-order valence-corrected chi connectivity index (χ3v) is 6.29. The molecule has 1 N–H and O–H groups in total. The summed E-state index contributed by atoms with van der Waals surface area (Å²) in [4.78, 5) is 12.2. The van der Waals surface area contributed by atoms with Crippen molar-refractivity contribution >= 4 is 56.2 Å². The Hall–Kier alpha value is 0.250. The maximum Gasteiger partial charge on any atom is 0.252 e. The molecule has 1 aliphatic carbocycles. The number of benzene rings is 1. The maximum absolute atomic E-state index is 12.2. The number of hydrogen-bond acceptors (Lipinski definition) is 2. The molecule has 2 nitrogen and oxygen atoms in total. The van der Waals surface area contributed by atoms with E-state index in [1.165, 1.54) is 19.3 Å². The van der Waals surface area contributed by atoms with Crippen molar-refractivity contribution in [2.75, 3.05) is 12.8 Å². The van der Waals surface area contributed by atoms with Gasteiger partial charge in [-0.25, -0.2) is 0 Å². The zero-order valence-corrected chi connectivity index (χ0v) is 14.7. The number of carbonyl (C=O) groups is 1. The van der Waals surface area contributed by atoms with E-state index in [4.69, 9.17) is 0 Å². The summed E-state index contributed by atoms with van der Waals surface area (Å²) < 4.78 is 2.21. The van der Waals surface area contributed by atoms with E-state index in [-0.39, 0.29) is 10.7 Å². The molecule has 0 aromatic heterocycles. The number of thioether (sulfide) groups is 1. The highest BCUT2D eigenvalue weighted by atomic mass is 127. The van der Waals surface area contributed by atoms with Crippen molar-refractivity contribution in [1.82, 2.24) is 5.32 Å². The van der Waals surface area contributed by atoms with E-state index in [0.717, 1.165) is 20.2 Å². The first kappa shape index (κ1) is 14.7. The molecular weight excluding hydrogens is 425 g/mol. The van der Waals surface area contributed by atoms with Gasteiger partial charge in [0.25, 0.3) is 5.91 Å². The molecule has 18 heavy (non-hydrogen) atoms. The molecule has 1 amide bonds. The van der Waals surface area contributed by atoms with Gasteiger partial charge >= 0.3 is 0 Å². The molecule has 1 fully saturated rings. The quantitative estimate of drug-likeness (QED) is 0.716. The molecule has 0 bridgehead atoms. The summed E-state index contributed by atoms with van der Waals surface area (Å²) in [5, 5.41) is 3.08. The van der Waals surface area contributed by atoms with Crippen LogP contribution in [0.25, 0.3) is 0 Å². The van der Waals surface area contributed by atoms with E-state index in [9.17, 15) is 4.79 Å². The Labute approximate surface area is 134 Å². The molecule has 0 unspecified atom stereocenters. The molecule has 1 aromatic rings. The molecular formula is C13H15BrINOS. The normalized spacial score (nSPS) is 17.1. The number of hydrogen-bond donors (Lipinski definition) is 1. The number of carbonyl (C=O) groups excluding carboxylic acids is 1. The van der Waals surface area contributed by atoms with Crippen LogP contribution in [0.2, 0.25) is 0 Å². The minimum absolute atomic E-state index is 0.0287. The van der Waals surface area contributed by atoms with E-state index in [2.05, 4.69) is 50.1 Å². The van der Waals surface area contributed by atoms with E-state index in [0.29, 0.717) is 0 Å². The van der Waals surface area contributed by atoms with Crippen LogP contribution in [0.3, 0.4) is 0 Å². The van der Waals surface area contributed by atoms with Crippen LogP contribution in [0.4, 0.5) is 0 Å². The predicted molar refractivity (Wildman–Crippen MR) is 89.3 cm³/mol. The lowest BCUT2D eigenvalue weighted by atomic mass is 9.84. The van der Waals surface area contributed by atoms with Gasteiger partial charge in [-0.3, -0.25) is 4.79 Å². The van der Waals surface area contributed by atoms with Crippen LogP contribution in [0.5, 0.6) is 0 Å². The Bertz CT molecular complexity index is 457. The van der Waals surface area contributed by atoms with Gasteiger partial charge in [-0.1, -0.05) is 22.4 Å². The lowest BCUT2D eigenvalue weighted by Crippen LogP contribution is -2.45. The third kappa shape index (κ3) is 3.22. The Balaban J connectivity index is 2.01. The van der Waals surface area contributed by atoms with Crippen molar-refractivity contribution in [3.8, 4) is 0 Å². The van der Waals surface area contributed by atoms with Crippen molar-refractivity contribution in [2.45, 2.75) is 24.0 Å². The van der Waals surface area contributed by atoms with Gasteiger partial charge < -0.3 is 5.32 Å². The van der Waals surface area contributed by atoms with Crippen molar-refractivity contribution in [2.24, 2.45) is 0 Å². The summed E-state index contributed by atoms with van der Waals surface area (Å²) in [5.41, 5.74) is 0.751. The molecule has 0 spiro atoms. The van der Waals surface area contributed by atoms with Crippen LogP contribution in [0, 0.1) is 3.57 Å². The first-order valence-corrected chi connectivity index (χ1v) is 8.94. The van der Waals surface area contributed by atoms with Gasteiger partial charge in [0.2, 0.25) is 0 Å². The van der Waals surface area contributed by atoms with Gasteiger partial charge in [-0.05, 0) is 59.9 Å². The van der Waals surface area contributed by atoms with Gasteiger partial charge in [0.1, 0.15) is 0 Å². The van der Waals surface area contributed by atoms with Gasteiger partial charge in [-0.15, -0.1) is 0 Å². The summed E-state index contributed by atoms with van der Waals surface area (Å²) >= 11 is 7.48. The number of amides is 1. The molecule has 0 atom stereocenters. The standard InChI is InChI=1S/C13H15BrINOS/c1-18-13(5-2-6-13)8-16-12(17)10-7-9(14)3-4-11(10)15/h3-4,7H,2,5-6,8H2,1H3,(H,16,17). The monoisotopic (exact) mass is 439 g/mol. The fraction of sp³-hybridized carbons (Fsp3) is 0.462. The molecule has 1 saturated carbocycles. The summed E-state index contributed by atoms with van der Waals surface area (Å²) in [6.45, 7) is 0.773. The van der Waals surface area contributed by atoms with Crippen LogP contribution >= 0.6 is 50.3 Å². The number of nitrogens with one attached hydrogen (secondary N) is 1. The van der Waals surface area contributed by atoms with Crippen molar-refractivity contribution in [1.29, 1.82) is 0 Å². The Kier molecular flexibility index (Phi) is 4.99. The SMILES string of the molecule is CSC1(CNC(=O)c2cc(Br)ccc2I)CCC1. The fourth-order valence-corrected chi connectivity index (χ4v) is 3.89. The van der Waals surface area contributed by atoms with Crippen molar-refractivity contribution in [3.63, 3.8) is 0 Å². The Morgan fingerprint density at radius 1 is 1.56 bits per heavy atom. The predicted octanol–water partition coefficient (Wildman–Crippen LogP) is 4.07. The number of halogens is 2. The molecule has 0 aliphatic heterocycles. The highest BCUT2D eigenvalue weighted by molar-refractivity contribution is 14.1. The van der Waals surface area contributed by atoms with Gasteiger partial charge in [0, 0.05) is 19.3 Å². The highest BCUT2D eigenvalue weighted by Crippen LogP contribution is 2.42. The fourth-order valence-electron chi connectivity index (χ4n) is 2.03. The summed E-state index contributed by atoms with van der Waals surface area (Å²) in [6.07, 6.45) is 5.84. The number of rotatable bonds is 4. The Morgan fingerprint density at radius 3 is 2.83 bits per heavy atom. The van der Waals surface area contributed by atoms with Gasteiger partial charge in [-0.2, -0.15) is 11.8 Å². The first-order chi connectivity index (χ1) is 8.56. The minimum Gasteiger partial charge on any atom is -0.351 e. The van der Waals surface area contributed by atoms with Gasteiger partial charge in [0.15, 0.2) is 0 Å². The van der Waals surface area contributed by atoms with Crippen LogP contribution < -0.4 is 5.32 Å². The highest BCUT2D eigenvalue weighted by Gasteiger charge is 2.36. The van der Waals surface area contributed by atoms with Crippen LogP contribution in [0.1, 0.15) is 29.6 Å². The van der Waals surface area contributed by atoms with Crippen LogP contribution in [0.15, 0.2) is 22.7 Å². The molecule has 98 valence electrons. The van der Waals surface area contributed by atoms with Crippen molar-refractivity contribution < 1.29 is 4.79 Å². The largest absolute Gasteiger partial charge is 0.351 e. The average molecular weight is 440 g/mol. The second-order valence-corrected chi connectivity index (χ2v) is 7.90. The zero-order chi connectivity index (χ0) is 13.2. The van der Waals surface area contributed by atoms with Gasteiger partial charge in [0.05, 0.1) is 5.56 Å². The lowest BCUT2D eigenvalue weighted by molar-refractivity contribution is 0.0943. The molecule has 0 radical (unpaired) electrons. The Morgan fingerprint density at radius 2 is 2.28 bits per heavy atom. The van der Waals surface area contributed by atoms with Crippen LogP contribution in [-0.4, -0.2) is 23.5 Å². The molecule has 0 heterocycles. The minimum atomic E-state index is 0.0287. The zero-order valence-electron chi connectivity index (χ0n) is 10.1. The summed E-state index contributed by atoms with van der Waals surface area (Å²) in [5.74, 6) is 0.0287. The molecule has 1 aliphatic rings. The topological polar surface area (TPSA) is 29.1 Å². The van der Waals surface area contributed by atoms with E-state index in [1.54, 1.807) is 0 Å². The molecule has 2 rings (SSSR count). The van der Waals surface area contributed by atoms with E-state index < -0.39 is 0 Å². The third-order valence-electron chi connectivity index (χ3n) is 3.44. The van der Waals surface area contributed by atoms with Crippen molar-refractivity contribution in [3.05, 3.63) is 31.8 Å². The molecule has 1 aromatic carbocycles.